The van der Waals surface area contributed by atoms with Crippen LogP contribution in [-0.4, -0.2) is 18.2 Å². The van der Waals surface area contributed by atoms with Crippen molar-refractivity contribution in [2.24, 2.45) is 4.99 Å². The third-order valence-corrected chi connectivity index (χ3v) is 1.14. The molecule has 52 valence electrons. The summed E-state index contributed by atoms with van der Waals surface area (Å²) in [5.74, 6) is 0.521. The Morgan fingerprint density at radius 1 is 1.70 bits per heavy atom. The molecule has 0 radical (unpaired) electrons. The molecule has 0 saturated carbocycles. The van der Waals surface area contributed by atoms with Crippen LogP contribution in [0.3, 0.4) is 0 Å². The standard InChI is InChI=1S/C7H9N3/c1-9-5-6-3-2-4-10-7(6)8/h2-5H,1H3,(H2,8,10)/b9-5-. The summed E-state index contributed by atoms with van der Waals surface area (Å²) in [5, 5.41) is 0. The molecule has 0 bridgehead atoms. The van der Waals surface area contributed by atoms with Crippen molar-refractivity contribution in [2.45, 2.75) is 0 Å². The van der Waals surface area contributed by atoms with Gasteiger partial charge in [0.2, 0.25) is 0 Å². The number of hydrogen-bond acceptors (Lipinski definition) is 3. The summed E-state index contributed by atoms with van der Waals surface area (Å²) >= 11 is 0. The third-order valence-electron chi connectivity index (χ3n) is 1.14. The highest BCUT2D eigenvalue weighted by Crippen LogP contribution is 2.01. The highest BCUT2D eigenvalue weighted by atomic mass is 14.8. The SMILES string of the molecule is C/N=C\c1cccnc1N. The summed E-state index contributed by atoms with van der Waals surface area (Å²) in [6.07, 6.45) is 3.34. The van der Waals surface area contributed by atoms with Crippen molar-refractivity contribution >= 4 is 12.0 Å². The first kappa shape index (κ1) is 6.74. The van der Waals surface area contributed by atoms with Crippen LogP contribution in [0.15, 0.2) is 23.3 Å². The zero-order valence-electron chi connectivity index (χ0n) is 5.78. The van der Waals surface area contributed by atoms with Crippen LogP contribution in [0.25, 0.3) is 0 Å². The normalized spacial score (nSPS) is 10.5. The Bertz CT molecular complexity index is 242. The molecule has 1 aromatic heterocycles. The van der Waals surface area contributed by atoms with Gasteiger partial charge in [0.15, 0.2) is 0 Å². The zero-order chi connectivity index (χ0) is 7.40. The van der Waals surface area contributed by atoms with Gasteiger partial charge in [-0.2, -0.15) is 0 Å². The quantitative estimate of drug-likeness (QED) is 0.576. The maximum atomic E-state index is 5.50. The third kappa shape index (κ3) is 1.31. The second kappa shape index (κ2) is 2.96. The fraction of sp³-hybridized carbons (Fsp3) is 0.143. The van der Waals surface area contributed by atoms with Crippen molar-refractivity contribution in [3.8, 4) is 0 Å². The zero-order valence-corrected chi connectivity index (χ0v) is 5.78. The second-order valence-corrected chi connectivity index (χ2v) is 1.87. The van der Waals surface area contributed by atoms with E-state index in [0.717, 1.165) is 5.56 Å². The molecule has 1 heterocycles. The molecule has 0 fully saturated rings. The molecule has 1 aromatic rings. The van der Waals surface area contributed by atoms with Crippen LogP contribution in [-0.2, 0) is 0 Å². The summed E-state index contributed by atoms with van der Waals surface area (Å²) in [7, 11) is 1.70. The van der Waals surface area contributed by atoms with Crippen LogP contribution < -0.4 is 5.73 Å². The number of nitrogens with zero attached hydrogens (tertiary/aromatic N) is 2. The summed E-state index contributed by atoms with van der Waals surface area (Å²) < 4.78 is 0. The monoisotopic (exact) mass is 135 g/mol. The molecule has 0 aromatic carbocycles. The van der Waals surface area contributed by atoms with Crippen molar-refractivity contribution in [3.63, 3.8) is 0 Å². The molecule has 0 aliphatic rings. The van der Waals surface area contributed by atoms with Gasteiger partial charge in [-0.25, -0.2) is 4.98 Å². The molecule has 0 atom stereocenters. The van der Waals surface area contributed by atoms with E-state index >= 15 is 0 Å². The first-order valence-corrected chi connectivity index (χ1v) is 2.97. The Morgan fingerprint density at radius 2 is 2.50 bits per heavy atom. The molecule has 0 saturated heterocycles. The van der Waals surface area contributed by atoms with Gasteiger partial charge in [-0.05, 0) is 12.1 Å². The van der Waals surface area contributed by atoms with E-state index in [1.165, 1.54) is 0 Å². The topological polar surface area (TPSA) is 51.3 Å². The van der Waals surface area contributed by atoms with Crippen LogP contribution in [0.5, 0.6) is 0 Å². The second-order valence-electron chi connectivity index (χ2n) is 1.87. The van der Waals surface area contributed by atoms with Crippen molar-refractivity contribution in [2.75, 3.05) is 12.8 Å². The number of nitrogen functional groups attached to an aromatic ring is 1. The van der Waals surface area contributed by atoms with Crippen LogP contribution >= 0.6 is 0 Å². The number of nitrogens with two attached hydrogens (primary N) is 1. The molecule has 3 nitrogen and oxygen atoms in total. The highest BCUT2D eigenvalue weighted by molar-refractivity contribution is 5.85. The molecular formula is C7H9N3. The molecule has 3 heteroatoms. The summed E-state index contributed by atoms with van der Waals surface area (Å²) in [5.41, 5.74) is 6.37. The average molecular weight is 135 g/mol. The lowest BCUT2D eigenvalue weighted by atomic mass is 10.3. The summed E-state index contributed by atoms with van der Waals surface area (Å²) in [6.45, 7) is 0. The van der Waals surface area contributed by atoms with Gasteiger partial charge in [0.05, 0.1) is 0 Å². The minimum Gasteiger partial charge on any atom is -0.383 e. The van der Waals surface area contributed by atoms with Crippen molar-refractivity contribution in [1.82, 2.24) is 4.98 Å². The molecule has 0 spiro atoms. The van der Waals surface area contributed by atoms with Gasteiger partial charge in [-0.15, -0.1) is 0 Å². The number of aliphatic imine (C=N–C) groups is 1. The lowest BCUT2D eigenvalue weighted by Crippen LogP contribution is -1.94. The van der Waals surface area contributed by atoms with E-state index in [1.54, 1.807) is 19.5 Å². The molecule has 1 rings (SSSR count). The van der Waals surface area contributed by atoms with Crippen LogP contribution in [0.4, 0.5) is 5.82 Å². The van der Waals surface area contributed by atoms with Gasteiger partial charge >= 0.3 is 0 Å². The van der Waals surface area contributed by atoms with Gasteiger partial charge in [0.25, 0.3) is 0 Å². The van der Waals surface area contributed by atoms with E-state index in [2.05, 4.69) is 9.98 Å². The first-order valence-electron chi connectivity index (χ1n) is 2.97. The smallest absolute Gasteiger partial charge is 0.132 e. The van der Waals surface area contributed by atoms with Crippen LogP contribution in [0.1, 0.15) is 5.56 Å². The van der Waals surface area contributed by atoms with Gasteiger partial charge in [-0.1, -0.05) is 0 Å². The van der Waals surface area contributed by atoms with Gasteiger partial charge in [-0.3, -0.25) is 4.99 Å². The lowest BCUT2D eigenvalue weighted by Gasteiger charge is -1.94. The van der Waals surface area contributed by atoms with Gasteiger partial charge < -0.3 is 5.73 Å². The van der Waals surface area contributed by atoms with Crippen LogP contribution in [0.2, 0.25) is 0 Å². The van der Waals surface area contributed by atoms with Gasteiger partial charge in [0.1, 0.15) is 5.82 Å². The Balaban J connectivity index is 3.03. The van der Waals surface area contributed by atoms with Crippen molar-refractivity contribution in [1.29, 1.82) is 0 Å². The van der Waals surface area contributed by atoms with E-state index < -0.39 is 0 Å². The minimum atomic E-state index is 0.521. The number of anilines is 1. The molecule has 0 aliphatic heterocycles. The molecule has 10 heavy (non-hydrogen) atoms. The fourth-order valence-electron chi connectivity index (χ4n) is 0.678. The Hall–Kier alpha value is -1.38. The molecule has 0 aliphatic carbocycles. The molecular weight excluding hydrogens is 126 g/mol. The lowest BCUT2D eigenvalue weighted by molar-refractivity contribution is 1.32. The predicted molar refractivity (Wildman–Crippen MR) is 42.2 cm³/mol. The van der Waals surface area contributed by atoms with E-state index in [-0.39, 0.29) is 0 Å². The van der Waals surface area contributed by atoms with Gasteiger partial charge in [0, 0.05) is 25.0 Å². The van der Waals surface area contributed by atoms with E-state index in [1.807, 2.05) is 12.1 Å². The largest absolute Gasteiger partial charge is 0.383 e. The average Bonchev–Trinajstić information content (AvgIpc) is 1.94. The highest BCUT2D eigenvalue weighted by Gasteiger charge is 1.91. The summed E-state index contributed by atoms with van der Waals surface area (Å²) in [6, 6.07) is 3.70. The molecule has 0 unspecified atom stereocenters. The number of hydrogen-bond donors (Lipinski definition) is 1. The number of rotatable bonds is 1. The molecule has 0 amide bonds. The number of pyridine rings is 1. The van der Waals surface area contributed by atoms with E-state index in [9.17, 15) is 0 Å². The predicted octanol–water partition coefficient (Wildman–Crippen LogP) is 0.713. The van der Waals surface area contributed by atoms with Crippen LogP contribution in [0, 0.1) is 0 Å². The minimum absolute atomic E-state index is 0.521. The number of aromatic nitrogens is 1. The Kier molecular flexibility index (Phi) is 1.99. The fourth-order valence-corrected chi connectivity index (χ4v) is 0.678. The maximum Gasteiger partial charge on any atom is 0.132 e. The maximum absolute atomic E-state index is 5.50. The van der Waals surface area contributed by atoms with E-state index in [0.29, 0.717) is 5.82 Å². The van der Waals surface area contributed by atoms with Crippen molar-refractivity contribution < 1.29 is 0 Å². The molecule has 2 N–H and O–H groups in total. The Labute approximate surface area is 59.6 Å². The van der Waals surface area contributed by atoms with E-state index in [4.69, 9.17) is 5.73 Å². The summed E-state index contributed by atoms with van der Waals surface area (Å²) in [4.78, 5) is 7.71. The first-order chi connectivity index (χ1) is 4.84. The Morgan fingerprint density at radius 3 is 3.10 bits per heavy atom. The van der Waals surface area contributed by atoms with Crippen molar-refractivity contribution in [3.05, 3.63) is 23.9 Å².